The topological polar surface area (TPSA) is 144 Å². The predicted molar refractivity (Wildman–Crippen MR) is 191 cm³/mol. The van der Waals surface area contributed by atoms with Crippen molar-refractivity contribution >= 4 is 68.5 Å². The molecule has 0 bridgehead atoms. The summed E-state index contributed by atoms with van der Waals surface area (Å²) in [7, 11) is 2.84. The van der Waals surface area contributed by atoms with E-state index >= 15 is 0 Å². The van der Waals surface area contributed by atoms with E-state index in [4.69, 9.17) is 47.6 Å². The third-order valence-electron chi connectivity index (χ3n) is 9.10. The van der Waals surface area contributed by atoms with Crippen molar-refractivity contribution < 1.29 is 28.6 Å². The van der Waals surface area contributed by atoms with Gasteiger partial charge in [0.25, 0.3) is 0 Å². The molecule has 0 unspecified atom stereocenters. The van der Waals surface area contributed by atoms with E-state index in [-0.39, 0.29) is 30.8 Å². The molecular weight excluding hydrogens is 691 g/mol. The Hall–Kier alpha value is -3.39. The molecule has 12 nitrogen and oxygen atoms in total. The SMILES string of the molecule is CC[C@@H]1C[C@]1(NC(=O)[C@@H]1C[C@@H](Oc2cc(-c3csc(NC(C)C)n3)nc3c(Cl)c(OC)ccc23)CN1C(=O)[C@@H](NCl)C(C)(C)C)C(=O)OC. The molecule has 1 aliphatic carbocycles. The number of aromatic nitrogens is 2. The third-order valence-corrected chi connectivity index (χ3v) is 10.5. The van der Waals surface area contributed by atoms with E-state index in [0.29, 0.717) is 51.7 Å². The van der Waals surface area contributed by atoms with Gasteiger partial charge in [-0.15, -0.1) is 11.3 Å². The fraction of sp³-hybridized carbons (Fsp3) is 0.559. The minimum absolute atomic E-state index is 0.0568. The average molecular weight is 736 g/mol. The molecule has 1 saturated carbocycles. The molecule has 1 aromatic carbocycles. The van der Waals surface area contributed by atoms with E-state index in [1.807, 2.05) is 53.0 Å². The second kappa shape index (κ2) is 14.5. The standard InChI is InChI=1S/C34H44Cl2N6O6S/c1-9-18-14-34(18,31(45)47-8)40-29(43)23-12-19(15-42(23)30(44)28(41-36)33(4,5)6)48-25-13-21(22-16-49-32(39-22)37-17(2)3)38-27-20(25)10-11-24(46-7)26(27)35/h10-11,13,16-19,23,28,41H,9,12,14-15H2,1-8H3,(H,37,39)(H,40,43)/t18-,19-,23+,28-,34-/m1/s1. The zero-order chi connectivity index (χ0) is 35.8. The monoisotopic (exact) mass is 734 g/mol. The van der Waals surface area contributed by atoms with Crippen molar-refractivity contribution in [2.24, 2.45) is 11.3 Å². The van der Waals surface area contributed by atoms with E-state index in [2.05, 4.69) is 15.5 Å². The summed E-state index contributed by atoms with van der Waals surface area (Å²) < 4.78 is 17.2. The van der Waals surface area contributed by atoms with E-state index in [9.17, 15) is 14.4 Å². The number of methoxy groups -OCH3 is 2. The number of esters is 1. The summed E-state index contributed by atoms with van der Waals surface area (Å²) in [5, 5.41) is 9.85. The highest BCUT2D eigenvalue weighted by molar-refractivity contribution is 7.14. The number of nitrogens with zero attached hydrogens (tertiary/aromatic N) is 3. The molecule has 0 radical (unpaired) electrons. The van der Waals surface area contributed by atoms with Gasteiger partial charge in [-0.3, -0.25) is 9.59 Å². The van der Waals surface area contributed by atoms with E-state index < -0.39 is 41.0 Å². The van der Waals surface area contributed by atoms with Crippen LogP contribution in [0, 0.1) is 11.3 Å². The second-order valence-electron chi connectivity index (χ2n) is 14.0. The molecule has 5 atom stereocenters. The summed E-state index contributed by atoms with van der Waals surface area (Å²) in [6.45, 7) is 11.8. The summed E-state index contributed by atoms with van der Waals surface area (Å²) >= 11 is 14.4. The minimum Gasteiger partial charge on any atom is -0.495 e. The first-order valence-corrected chi connectivity index (χ1v) is 17.9. The van der Waals surface area contributed by atoms with Crippen LogP contribution in [-0.2, 0) is 19.1 Å². The number of hydrogen-bond donors (Lipinski definition) is 3. The molecule has 3 aromatic rings. The average Bonchev–Trinajstić information content (AvgIpc) is 3.33. The first-order chi connectivity index (χ1) is 23.2. The van der Waals surface area contributed by atoms with Gasteiger partial charge < -0.3 is 29.7 Å². The number of carbonyl (C=O) groups excluding carboxylic acids is 3. The van der Waals surface area contributed by atoms with Gasteiger partial charge in [-0.1, -0.05) is 45.7 Å². The molecule has 15 heteroatoms. The number of anilines is 1. The van der Waals surface area contributed by atoms with E-state index in [1.54, 1.807) is 12.1 Å². The van der Waals surface area contributed by atoms with Gasteiger partial charge in [-0.05, 0) is 55.5 Å². The molecule has 2 fully saturated rings. The van der Waals surface area contributed by atoms with Crippen LogP contribution in [0.25, 0.3) is 22.3 Å². The van der Waals surface area contributed by atoms with Crippen molar-refractivity contribution in [1.29, 1.82) is 0 Å². The number of ether oxygens (including phenoxy) is 3. The molecule has 5 rings (SSSR count). The van der Waals surface area contributed by atoms with Crippen LogP contribution in [0.15, 0.2) is 23.6 Å². The molecule has 2 aliphatic rings. The second-order valence-corrected chi connectivity index (χ2v) is 15.4. The van der Waals surface area contributed by atoms with E-state index in [0.717, 1.165) is 5.13 Å². The van der Waals surface area contributed by atoms with Crippen LogP contribution in [-0.4, -0.2) is 83.2 Å². The molecule has 49 heavy (non-hydrogen) atoms. The molecule has 3 N–H and O–H groups in total. The van der Waals surface area contributed by atoms with Crippen molar-refractivity contribution in [2.45, 2.75) is 90.6 Å². The molecule has 2 aromatic heterocycles. The first kappa shape index (κ1) is 36.9. The Morgan fingerprint density at radius 2 is 1.88 bits per heavy atom. The fourth-order valence-electron chi connectivity index (χ4n) is 6.36. The lowest BCUT2D eigenvalue weighted by molar-refractivity contribution is -0.148. The molecular formula is C34H44Cl2N6O6S. The number of halogens is 2. The highest BCUT2D eigenvalue weighted by atomic mass is 35.5. The Bertz CT molecular complexity index is 1730. The Kier molecular flexibility index (Phi) is 10.9. The Labute approximate surface area is 300 Å². The van der Waals surface area contributed by atoms with Crippen LogP contribution in [0.5, 0.6) is 11.5 Å². The number of amides is 2. The van der Waals surface area contributed by atoms with Crippen LogP contribution in [0.4, 0.5) is 5.13 Å². The van der Waals surface area contributed by atoms with Crippen LogP contribution in [0.1, 0.15) is 60.8 Å². The molecule has 2 amide bonds. The zero-order valence-corrected chi connectivity index (χ0v) is 31.3. The molecule has 1 aliphatic heterocycles. The first-order valence-electron chi connectivity index (χ1n) is 16.3. The number of likely N-dealkylation sites (tertiary alicyclic amines) is 1. The van der Waals surface area contributed by atoms with Crippen molar-refractivity contribution in [2.75, 3.05) is 26.1 Å². The highest BCUT2D eigenvalue weighted by Crippen LogP contribution is 2.47. The number of fused-ring (bicyclic) bond motifs is 1. The number of hydrogen-bond acceptors (Lipinski definition) is 11. The van der Waals surface area contributed by atoms with Gasteiger partial charge in [-0.2, -0.15) is 0 Å². The molecule has 3 heterocycles. The lowest BCUT2D eigenvalue weighted by Crippen LogP contribution is -2.57. The van der Waals surface area contributed by atoms with Crippen LogP contribution in [0.3, 0.4) is 0 Å². The van der Waals surface area contributed by atoms with Gasteiger partial charge in [0.15, 0.2) is 5.13 Å². The third kappa shape index (κ3) is 7.40. The lowest BCUT2D eigenvalue weighted by atomic mass is 9.86. The van der Waals surface area contributed by atoms with Gasteiger partial charge in [0.05, 0.1) is 32.0 Å². The number of nitrogens with one attached hydrogen (secondary N) is 3. The molecule has 266 valence electrons. The predicted octanol–water partition coefficient (Wildman–Crippen LogP) is 5.80. The van der Waals surface area contributed by atoms with Gasteiger partial charge in [0.1, 0.15) is 45.9 Å². The van der Waals surface area contributed by atoms with Crippen LogP contribution < -0.4 is 24.9 Å². The Morgan fingerprint density at radius 3 is 2.47 bits per heavy atom. The quantitative estimate of drug-likeness (QED) is 0.154. The number of pyridine rings is 1. The van der Waals surface area contributed by atoms with Crippen molar-refractivity contribution in [1.82, 2.24) is 25.0 Å². The number of rotatable bonds is 12. The normalized spacial score (nSPS) is 22.6. The minimum atomic E-state index is -1.12. The van der Waals surface area contributed by atoms with E-state index in [1.165, 1.54) is 30.5 Å². The molecule has 1 saturated heterocycles. The van der Waals surface area contributed by atoms with Crippen molar-refractivity contribution in [3.05, 3.63) is 28.6 Å². The van der Waals surface area contributed by atoms with Gasteiger partial charge >= 0.3 is 5.97 Å². The van der Waals surface area contributed by atoms with Crippen molar-refractivity contribution in [3.8, 4) is 22.9 Å². The zero-order valence-electron chi connectivity index (χ0n) is 29.0. The number of carbonyl (C=O) groups is 3. The van der Waals surface area contributed by atoms with Gasteiger partial charge in [-0.25, -0.2) is 19.6 Å². The largest absolute Gasteiger partial charge is 0.495 e. The summed E-state index contributed by atoms with van der Waals surface area (Å²) in [5.74, 6) is -0.460. The van der Waals surface area contributed by atoms with Crippen molar-refractivity contribution in [3.63, 3.8) is 0 Å². The number of benzene rings is 1. The maximum absolute atomic E-state index is 14.1. The number of thiazole rings is 1. The summed E-state index contributed by atoms with van der Waals surface area (Å²) in [6, 6.07) is 3.79. The maximum Gasteiger partial charge on any atom is 0.331 e. The summed E-state index contributed by atoms with van der Waals surface area (Å²) in [5.41, 5.74) is -0.0734. The smallest absolute Gasteiger partial charge is 0.331 e. The summed E-state index contributed by atoms with van der Waals surface area (Å²) in [4.78, 5) is 54.6. The van der Waals surface area contributed by atoms with Crippen LogP contribution in [0.2, 0.25) is 5.02 Å². The lowest BCUT2D eigenvalue weighted by Gasteiger charge is -2.34. The maximum atomic E-state index is 14.1. The fourth-order valence-corrected chi connectivity index (χ4v) is 7.92. The van der Waals surface area contributed by atoms with Gasteiger partial charge in [0, 0.05) is 29.3 Å². The van der Waals surface area contributed by atoms with Gasteiger partial charge in [0.2, 0.25) is 11.8 Å². The van der Waals surface area contributed by atoms with Crippen LogP contribution >= 0.6 is 34.7 Å². The molecule has 0 spiro atoms. The highest BCUT2D eigenvalue weighted by Gasteiger charge is 2.62. The summed E-state index contributed by atoms with van der Waals surface area (Å²) in [6.07, 6.45) is 0.707. The Morgan fingerprint density at radius 1 is 1.14 bits per heavy atom. The Balaban J connectivity index is 1.52.